The highest BCUT2D eigenvalue weighted by Crippen LogP contribution is 2.49. The Hall–Kier alpha value is -2.72. The number of nitrogens with zero attached hydrogens (tertiary/aromatic N) is 6. The first-order valence-corrected chi connectivity index (χ1v) is 13.2. The van der Waals surface area contributed by atoms with Gasteiger partial charge in [-0.15, -0.1) is 0 Å². The lowest BCUT2D eigenvalue weighted by atomic mass is 9.93. The maximum atomic E-state index is 14.0. The van der Waals surface area contributed by atoms with E-state index in [9.17, 15) is 9.50 Å². The molecule has 0 aromatic carbocycles. The van der Waals surface area contributed by atoms with Crippen LogP contribution in [0.1, 0.15) is 38.2 Å². The zero-order chi connectivity index (χ0) is 24.2. The summed E-state index contributed by atoms with van der Waals surface area (Å²) in [7, 11) is 0. The van der Waals surface area contributed by atoms with Crippen molar-refractivity contribution in [3.63, 3.8) is 0 Å². The molecule has 6 rings (SSSR count). The van der Waals surface area contributed by atoms with E-state index in [4.69, 9.17) is 4.98 Å². The number of fused-ring (bicyclic) bond motifs is 1. The van der Waals surface area contributed by atoms with Crippen LogP contribution in [-0.4, -0.2) is 74.0 Å². The second-order valence-corrected chi connectivity index (χ2v) is 11.7. The summed E-state index contributed by atoms with van der Waals surface area (Å²) in [6, 6.07) is 3.85. The average Bonchev–Trinajstić information content (AvgIpc) is 2.79. The lowest BCUT2D eigenvalue weighted by Crippen LogP contribution is -2.64. The molecule has 3 aromatic heterocycles. The molecule has 3 saturated heterocycles. The minimum Gasteiger partial charge on any atom is -0.390 e. The van der Waals surface area contributed by atoms with Crippen LogP contribution >= 0.6 is 11.8 Å². The summed E-state index contributed by atoms with van der Waals surface area (Å²) in [5.41, 5.74) is 1.19. The number of rotatable bonds is 5. The van der Waals surface area contributed by atoms with E-state index in [0.717, 1.165) is 29.7 Å². The SMILES string of the molecule is CC(C)c1cnc(N2CC3(CCS3)C2)c2cnc(Nc3ccnc(N4CCC(O)C(F)C4)n3)cc12. The van der Waals surface area contributed by atoms with Crippen LogP contribution in [0.2, 0.25) is 0 Å². The molecule has 10 heteroatoms. The van der Waals surface area contributed by atoms with Gasteiger partial charge in [0.15, 0.2) is 0 Å². The number of aromatic nitrogens is 4. The number of pyridine rings is 2. The van der Waals surface area contributed by atoms with Crippen molar-refractivity contribution in [2.24, 2.45) is 0 Å². The van der Waals surface area contributed by atoms with Crippen molar-refractivity contribution >= 4 is 45.9 Å². The molecule has 0 bridgehead atoms. The third-order valence-electron chi connectivity index (χ3n) is 7.32. The minimum atomic E-state index is -1.30. The van der Waals surface area contributed by atoms with Crippen molar-refractivity contribution in [3.8, 4) is 0 Å². The van der Waals surface area contributed by atoms with Crippen LogP contribution in [0.3, 0.4) is 0 Å². The highest BCUT2D eigenvalue weighted by Gasteiger charge is 2.49. The van der Waals surface area contributed by atoms with Crippen LogP contribution in [0.25, 0.3) is 10.8 Å². The van der Waals surface area contributed by atoms with Crippen molar-refractivity contribution < 1.29 is 9.50 Å². The largest absolute Gasteiger partial charge is 0.390 e. The number of hydrogen-bond donors (Lipinski definition) is 2. The minimum absolute atomic E-state index is 0.0860. The Bertz CT molecular complexity index is 1250. The molecule has 3 aliphatic heterocycles. The first-order chi connectivity index (χ1) is 16.9. The second kappa shape index (κ2) is 8.74. The molecule has 35 heavy (non-hydrogen) atoms. The van der Waals surface area contributed by atoms with E-state index >= 15 is 0 Å². The van der Waals surface area contributed by atoms with E-state index in [0.29, 0.717) is 41.2 Å². The monoisotopic (exact) mass is 495 g/mol. The third-order valence-corrected chi connectivity index (χ3v) is 8.80. The van der Waals surface area contributed by atoms with Gasteiger partial charge in [0.1, 0.15) is 23.6 Å². The van der Waals surface area contributed by atoms with Gasteiger partial charge in [-0.2, -0.15) is 16.7 Å². The van der Waals surface area contributed by atoms with Gasteiger partial charge in [-0.05, 0) is 47.6 Å². The molecule has 1 spiro atoms. The first kappa shape index (κ1) is 22.7. The standard InChI is InChI=1S/C25H30FN7OS/c1-15(2)17-10-29-23(33-13-25(14-33)5-8-35-25)18-11-28-22(9-16(17)18)30-21-3-6-27-24(31-21)32-7-4-20(34)19(26)12-32/h3,6,9-11,15,19-20,34H,4-5,7-8,12-14H2,1-2H3,(H,27,28,30,31). The molecular weight excluding hydrogens is 465 g/mol. The molecule has 0 aliphatic carbocycles. The van der Waals surface area contributed by atoms with E-state index in [2.05, 4.69) is 56.8 Å². The summed E-state index contributed by atoms with van der Waals surface area (Å²) in [6.45, 7) is 7.07. The molecule has 0 amide bonds. The maximum Gasteiger partial charge on any atom is 0.227 e. The fourth-order valence-corrected chi connectivity index (χ4v) is 6.41. The van der Waals surface area contributed by atoms with Crippen molar-refractivity contribution in [3.05, 3.63) is 36.3 Å². The van der Waals surface area contributed by atoms with Crippen molar-refractivity contribution in [1.29, 1.82) is 0 Å². The van der Waals surface area contributed by atoms with E-state index in [-0.39, 0.29) is 6.54 Å². The van der Waals surface area contributed by atoms with E-state index in [1.54, 1.807) is 17.2 Å². The van der Waals surface area contributed by atoms with Crippen molar-refractivity contribution in [1.82, 2.24) is 19.9 Å². The highest BCUT2D eigenvalue weighted by atomic mass is 32.2. The fraction of sp³-hybridized carbons (Fsp3) is 0.520. The number of thioether (sulfide) groups is 1. The normalized spacial score (nSPS) is 23.5. The summed E-state index contributed by atoms with van der Waals surface area (Å²) >= 11 is 2.08. The van der Waals surface area contributed by atoms with E-state index in [1.165, 1.54) is 17.7 Å². The molecule has 0 radical (unpaired) electrons. The van der Waals surface area contributed by atoms with E-state index in [1.807, 2.05) is 12.4 Å². The van der Waals surface area contributed by atoms with E-state index < -0.39 is 12.3 Å². The highest BCUT2D eigenvalue weighted by molar-refractivity contribution is 8.02. The maximum absolute atomic E-state index is 14.0. The smallest absolute Gasteiger partial charge is 0.227 e. The summed E-state index contributed by atoms with van der Waals surface area (Å²) < 4.78 is 14.5. The van der Waals surface area contributed by atoms with Crippen LogP contribution in [0.15, 0.2) is 30.7 Å². The van der Waals surface area contributed by atoms with Gasteiger partial charge in [-0.25, -0.2) is 19.3 Å². The number of halogens is 1. The zero-order valence-corrected chi connectivity index (χ0v) is 20.8. The van der Waals surface area contributed by atoms with Gasteiger partial charge in [0.25, 0.3) is 0 Å². The molecule has 2 N–H and O–H groups in total. The summed E-state index contributed by atoms with van der Waals surface area (Å²) in [5, 5.41) is 15.2. The van der Waals surface area contributed by atoms with Gasteiger partial charge in [0.2, 0.25) is 5.95 Å². The third kappa shape index (κ3) is 4.16. The number of anilines is 4. The van der Waals surface area contributed by atoms with Gasteiger partial charge >= 0.3 is 0 Å². The van der Waals surface area contributed by atoms with Crippen LogP contribution in [0, 0.1) is 0 Å². The Labute approximate surface area is 208 Å². The molecule has 8 nitrogen and oxygen atoms in total. The number of nitrogens with one attached hydrogen (secondary N) is 1. The molecule has 6 heterocycles. The van der Waals surface area contributed by atoms with Gasteiger partial charge < -0.3 is 20.2 Å². The van der Waals surface area contributed by atoms with Gasteiger partial charge in [0, 0.05) is 43.6 Å². The fourth-order valence-electron chi connectivity index (χ4n) is 5.14. The quantitative estimate of drug-likeness (QED) is 0.547. The average molecular weight is 496 g/mol. The zero-order valence-electron chi connectivity index (χ0n) is 20.0. The van der Waals surface area contributed by atoms with Crippen LogP contribution < -0.4 is 15.1 Å². The van der Waals surface area contributed by atoms with Crippen molar-refractivity contribution in [2.45, 2.75) is 49.6 Å². The summed E-state index contributed by atoms with van der Waals surface area (Å²) in [6.07, 6.45) is 5.01. The van der Waals surface area contributed by atoms with Gasteiger partial charge in [-0.1, -0.05) is 13.8 Å². The van der Waals surface area contributed by atoms with Gasteiger partial charge in [0.05, 0.1) is 17.4 Å². The van der Waals surface area contributed by atoms with Crippen LogP contribution in [0.5, 0.6) is 0 Å². The Balaban J connectivity index is 1.27. The Morgan fingerprint density at radius 1 is 1.14 bits per heavy atom. The van der Waals surface area contributed by atoms with Crippen molar-refractivity contribution in [2.75, 3.05) is 47.0 Å². The lowest BCUT2D eigenvalue weighted by Gasteiger charge is -2.55. The Kier molecular flexibility index (Phi) is 5.68. The summed E-state index contributed by atoms with van der Waals surface area (Å²) in [5.74, 6) is 4.33. The topological polar surface area (TPSA) is 90.3 Å². The molecule has 3 aromatic rings. The van der Waals surface area contributed by atoms with Crippen LogP contribution in [0.4, 0.5) is 27.8 Å². The molecule has 2 atom stereocenters. The number of hydrogen-bond acceptors (Lipinski definition) is 9. The molecule has 2 unspecified atom stereocenters. The molecule has 3 fully saturated rings. The Morgan fingerprint density at radius 2 is 1.97 bits per heavy atom. The molecule has 0 saturated carbocycles. The Morgan fingerprint density at radius 3 is 2.69 bits per heavy atom. The first-order valence-electron chi connectivity index (χ1n) is 12.3. The molecule has 184 valence electrons. The lowest BCUT2D eigenvalue weighted by molar-refractivity contribution is 0.0612. The predicted octanol–water partition coefficient (Wildman–Crippen LogP) is 3.89. The molecule has 3 aliphatic rings. The number of alkyl halides is 1. The number of aliphatic hydroxyl groups is 1. The van der Waals surface area contributed by atoms with Gasteiger partial charge in [-0.3, -0.25) is 0 Å². The molecular formula is C25H30FN7OS. The second-order valence-electron chi connectivity index (χ2n) is 10.1. The number of aliphatic hydroxyl groups excluding tert-OH is 1. The predicted molar refractivity (Wildman–Crippen MR) is 139 cm³/mol. The van der Waals surface area contributed by atoms with Crippen LogP contribution in [-0.2, 0) is 0 Å². The number of piperidine rings is 1. The summed E-state index contributed by atoms with van der Waals surface area (Å²) in [4.78, 5) is 22.6.